The van der Waals surface area contributed by atoms with Crippen molar-refractivity contribution in [2.75, 3.05) is 11.9 Å². The first-order valence-electron chi connectivity index (χ1n) is 7.66. The topological polar surface area (TPSA) is 96.5 Å². The lowest BCUT2D eigenvalue weighted by Crippen LogP contribution is -2.43. The molecule has 0 saturated carbocycles. The fourth-order valence-electron chi connectivity index (χ4n) is 1.85. The fraction of sp³-hybridized carbons (Fsp3) is 0.438. The average Bonchev–Trinajstić information content (AvgIpc) is 2.53. The van der Waals surface area contributed by atoms with Crippen LogP contribution >= 0.6 is 23.2 Å². The Balaban J connectivity index is 2.66. The molecule has 0 aliphatic carbocycles. The van der Waals surface area contributed by atoms with Gasteiger partial charge in [-0.3, -0.25) is 9.59 Å². The molecule has 3 amide bonds. The molecule has 0 aliphatic heterocycles. The third-order valence-corrected chi connectivity index (χ3v) is 3.76. The van der Waals surface area contributed by atoms with Crippen LogP contribution in [0.3, 0.4) is 0 Å². The van der Waals surface area contributed by atoms with Gasteiger partial charge >= 0.3 is 6.09 Å². The number of ether oxygens (including phenoxy) is 1. The third kappa shape index (κ3) is 7.05. The predicted molar refractivity (Wildman–Crippen MR) is 96.9 cm³/mol. The number of carbonyl (C=O) groups excluding carboxylic acids is 3. The number of hydrogen-bond acceptors (Lipinski definition) is 4. The molecule has 144 valence electrons. The summed E-state index contributed by atoms with van der Waals surface area (Å²) in [6.07, 6.45) is -0.256. The lowest BCUT2D eigenvalue weighted by Gasteiger charge is -2.20. The van der Waals surface area contributed by atoms with E-state index in [0.717, 1.165) is 0 Å². The van der Waals surface area contributed by atoms with E-state index >= 15 is 0 Å². The van der Waals surface area contributed by atoms with E-state index in [1.165, 1.54) is 12.1 Å². The van der Waals surface area contributed by atoms with Gasteiger partial charge in [-0.15, -0.1) is 0 Å². The zero-order valence-corrected chi connectivity index (χ0v) is 16.0. The van der Waals surface area contributed by atoms with Crippen LogP contribution < -0.4 is 16.0 Å². The number of nitrogens with one attached hydrogen (secondary N) is 3. The van der Waals surface area contributed by atoms with Gasteiger partial charge in [0.15, 0.2) is 5.82 Å². The van der Waals surface area contributed by atoms with E-state index < -0.39 is 29.5 Å². The zero-order chi connectivity index (χ0) is 19.9. The maximum atomic E-state index is 14.0. The minimum Gasteiger partial charge on any atom is -0.444 e. The first-order valence-corrected chi connectivity index (χ1v) is 8.41. The van der Waals surface area contributed by atoms with Crippen LogP contribution in [0.25, 0.3) is 0 Å². The fourth-order valence-corrected chi connectivity index (χ4v) is 2.16. The Morgan fingerprint density at radius 1 is 1.31 bits per heavy atom. The molecule has 0 aromatic heterocycles. The second kappa shape index (κ2) is 9.59. The molecule has 0 spiro atoms. The van der Waals surface area contributed by atoms with Crippen molar-refractivity contribution in [1.82, 2.24) is 10.6 Å². The molecule has 1 rings (SSSR count). The molecule has 26 heavy (non-hydrogen) atoms. The Morgan fingerprint density at radius 3 is 2.54 bits per heavy atom. The minimum atomic E-state index is -1.00. The molecule has 1 atom stereocenters. The van der Waals surface area contributed by atoms with Crippen molar-refractivity contribution in [2.24, 2.45) is 0 Å². The van der Waals surface area contributed by atoms with Crippen LogP contribution in [0.4, 0.5) is 14.9 Å². The molecule has 3 N–H and O–H groups in total. The Labute approximate surface area is 160 Å². The first-order chi connectivity index (χ1) is 12.0. The second-order valence-corrected chi connectivity index (χ2v) is 7.05. The van der Waals surface area contributed by atoms with Gasteiger partial charge in [0.2, 0.25) is 12.3 Å². The highest BCUT2D eigenvalue weighted by Gasteiger charge is 2.21. The predicted octanol–water partition coefficient (Wildman–Crippen LogP) is 3.10. The molecule has 7 nitrogen and oxygen atoms in total. The van der Waals surface area contributed by atoms with Crippen molar-refractivity contribution >= 4 is 47.3 Å². The van der Waals surface area contributed by atoms with E-state index in [4.69, 9.17) is 27.9 Å². The van der Waals surface area contributed by atoms with E-state index in [1.807, 2.05) is 0 Å². The molecule has 0 bridgehead atoms. The summed E-state index contributed by atoms with van der Waals surface area (Å²) >= 11 is 11.4. The van der Waals surface area contributed by atoms with Gasteiger partial charge in [-0.2, -0.15) is 0 Å². The Kier molecular flexibility index (Phi) is 8.10. The molecule has 0 fully saturated rings. The summed E-state index contributed by atoms with van der Waals surface area (Å²) in [6.45, 7) is 5.19. The van der Waals surface area contributed by atoms with Crippen molar-refractivity contribution in [1.29, 1.82) is 0 Å². The number of amides is 3. The molecule has 0 saturated heterocycles. The number of carbonyl (C=O) groups is 3. The molecule has 10 heteroatoms. The first kappa shape index (κ1) is 22.0. The molecule has 0 radical (unpaired) electrons. The lowest BCUT2D eigenvalue weighted by atomic mass is 10.2. The highest BCUT2D eigenvalue weighted by atomic mass is 35.5. The van der Waals surface area contributed by atoms with E-state index in [2.05, 4.69) is 16.0 Å². The van der Waals surface area contributed by atoms with Gasteiger partial charge < -0.3 is 20.7 Å². The summed E-state index contributed by atoms with van der Waals surface area (Å²) in [4.78, 5) is 34.5. The maximum Gasteiger partial charge on any atom is 0.407 e. The van der Waals surface area contributed by atoms with Crippen LogP contribution in [0, 0.1) is 5.82 Å². The summed E-state index contributed by atoms with van der Waals surface area (Å²) in [6, 6.07) is 1.57. The highest BCUT2D eigenvalue weighted by Crippen LogP contribution is 2.29. The number of anilines is 1. The summed E-state index contributed by atoms with van der Waals surface area (Å²) in [5, 5.41) is 6.77. The van der Waals surface area contributed by atoms with Crippen LogP contribution in [0.2, 0.25) is 10.0 Å². The van der Waals surface area contributed by atoms with Gasteiger partial charge in [0.25, 0.3) is 0 Å². The molecule has 0 unspecified atom stereocenters. The maximum absolute atomic E-state index is 14.0. The number of alkyl carbamates (subject to hydrolysis) is 1. The summed E-state index contributed by atoms with van der Waals surface area (Å²) in [5.74, 6) is -1.57. The van der Waals surface area contributed by atoms with E-state index in [0.29, 0.717) is 6.41 Å². The molecule has 0 heterocycles. The number of halogens is 3. The van der Waals surface area contributed by atoms with E-state index in [1.54, 1.807) is 20.8 Å². The zero-order valence-electron chi connectivity index (χ0n) is 14.5. The molecule has 1 aromatic carbocycles. The van der Waals surface area contributed by atoms with Crippen LogP contribution in [-0.2, 0) is 14.3 Å². The summed E-state index contributed by atoms with van der Waals surface area (Å²) in [7, 11) is 0. The van der Waals surface area contributed by atoms with Crippen molar-refractivity contribution in [3.8, 4) is 0 Å². The summed E-state index contributed by atoms with van der Waals surface area (Å²) in [5.41, 5.74) is -0.838. The number of benzene rings is 1. The average molecular weight is 408 g/mol. The lowest BCUT2D eigenvalue weighted by molar-refractivity contribution is -0.121. The van der Waals surface area contributed by atoms with Gasteiger partial charge in [-0.1, -0.05) is 23.2 Å². The van der Waals surface area contributed by atoms with E-state index in [9.17, 15) is 18.8 Å². The van der Waals surface area contributed by atoms with Crippen molar-refractivity contribution in [3.63, 3.8) is 0 Å². The Hall–Kier alpha value is -2.06. The largest absolute Gasteiger partial charge is 0.444 e. The van der Waals surface area contributed by atoms with Crippen molar-refractivity contribution < 1.29 is 23.5 Å². The van der Waals surface area contributed by atoms with Gasteiger partial charge in [-0.05, 0) is 39.3 Å². The van der Waals surface area contributed by atoms with Crippen LogP contribution in [0.15, 0.2) is 12.1 Å². The third-order valence-electron chi connectivity index (χ3n) is 2.98. The number of rotatable bonds is 7. The molecular formula is C16H20Cl2FN3O4. The molecule has 0 aliphatic rings. The summed E-state index contributed by atoms with van der Waals surface area (Å²) < 4.78 is 19.1. The van der Waals surface area contributed by atoms with Crippen LogP contribution in [0.5, 0.6) is 0 Å². The van der Waals surface area contributed by atoms with Gasteiger partial charge in [0.1, 0.15) is 11.6 Å². The van der Waals surface area contributed by atoms with Crippen LogP contribution in [0.1, 0.15) is 27.2 Å². The standard InChI is InChI=1S/C16H20Cl2FN3O4/c1-16(2,3)26-15(25)20-7-6-11(21-8-23)14(24)22-10-5-4-9(17)12(18)13(10)19/h4-5,8,11H,6-7H2,1-3H3,(H,20,25)(H,21,23)(H,22,24)/t11-/m0/s1. The molecular weight excluding hydrogens is 388 g/mol. The van der Waals surface area contributed by atoms with Crippen LogP contribution in [-0.4, -0.2) is 36.6 Å². The van der Waals surface area contributed by atoms with Gasteiger partial charge in [0, 0.05) is 6.54 Å². The monoisotopic (exact) mass is 407 g/mol. The second-order valence-electron chi connectivity index (χ2n) is 6.27. The Bertz CT molecular complexity index is 680. The van der Waals surface area contributed by atoms with Gasteiger partial charge in [-0.25, -0.2) is 9.18 Å². The quantitative estimate of drug-likeness (QED) is 0.477. The normalized spacial score (nSPS) is 12.1. The SMILES string of the molecule is CC(C)(C)OC(=O)NCC[C@H](NC=O)C(=O)Nc1ccc(Cl)c(Cl)c1F. The number of hydrogen-bond donors (Lipinski definition) is 3. The van der Waals surface area contributed by atoms with Crippen molar-refractivity contribution in [3.05, 3.63) is 28.0 Å². The minimum absolute atomic E-state index is 0.00583. The van der Waals surface area contributed by atoms with E-state index in [-0.39, 0.29) is 28.7 Å². The Morgan fingerprint density at radius 2 is 1.96 bits per heavy atom. The smallest absolute Gasteiger partial charge is 0.407 e. The van der Waals surface area contributed by atoms with Crippen molar-refractivity contribution in [2.45, 2.75) is 38.8 Å². The highest BCUT2D eigenvalue weighted by molar-refractivity contribution is 6.42. The van der Waals surface area contributed by atoms with Gasteiger partial charge in [0.05, 0.1) is 15.7 Å². The molecule has 1 aromatic rings.